The number of hydrogen-bond donors (Lipinski definition) is 2. The number of pyridine rings is 2. The first-order chi connectivity index (χ1) is 14.2. The van der Waals surface area contributed by atoms with Crippen molar-refractivity contribution in [2.45, 2.75) is 0 Å². The fourth-order valence-electron chi connectivity index (χ4n) is 3.55. The number of carbonyl (C=O) groups is 1. The Kier molecular flexibility index (Phi) is 4.03. The van der Waals surface area contributed by atoms with Crippen LogP contribution < -0.4 is 4.74 Å². The van der Waals surface area contributed by atoms with Crippen LogP contribution in [0, 0.1) is 0 Å². The molecule has 0 atom stereocenters. The van der Waals surface area contributed by atoms with Gasteiger partial charge in [0.2, 0.25) is 0 Å². The molecule has 7 heteroatoms. The summed E-state index contributed by atoms with van der Waals surface area (Å²) in [4.78, 5) is 24.7. The van der Waals surface area contributed by atoms with E-state index >= 15 is 0 Å². The molecule has 0 aliphatic carbocycles. The number of H-pyrrole nitrogens is 1. The highest BCUT2D eigenvalue weighted by Gasteiger charge is 2.19. The Labute approximate surface area is 169 Å². The van der Waals surface area contributed by atoms with Gasteiger partial charge in [-0.2, -0.15) is 0 Å². The summed E-state index contributed by atoms with van der Waals surface area (Å²) in [5, 5.41) is 11.3. The normalized spacial score (nSPS) is 11.2. The van der Waals surface area contributed by atoms with Crippen LogP contribution in [0.15, 0.2) is 61.1 Å². The predicted octanol–water partition coefficient (Wildman–Crippen LogP) is 5.21. The third kappa shape index (κ3) is 2.83. The minimum Gasteiger partial charge on any atom is -0.496 e. The number of thiophene rings is 1. The maximum absolute atomic E-state index is 11.4. The molecular formula is C22H15N3O3S. The number of nitrogens with one attached hydrogen (secondary N) is 1. The summed E-state index contributed by atoms with van der Waals surface area (Å²) in [6.07, 6.45) is 5.32. The number of methoxy groups -OCH3 is 1. The minimum absolute atomic E-state index is 0.289. The van der Waals surface area contributed by atoms with Crippen molar-refractivity contribution < 1.29 is 14.6 Å². The molecule has 0 saturated carbocycles. The van der Waals surface area contributed by atoms with Crippen molar-refractivity contribution in [3.63, 3.8) is 0 Å². The van der Waals surface area contributed by atoms with Crippen molar-refractivity contribution in [3.05, 3.63) is 65.9 Å². The minimum atomic E-state index is -0.936. The van der Waals surface area contributed by atoms with E-state index in [0.717, 1.165) is 43.5 Å². The van der Waals surface area contributed by atoms with E-state index in [1.54, 1.807) is 25.6 Å². The maximum atomic E-state index is 11.4. The van der Waals surface area contributed by atoms with Gasteiger partial charge >= 0.3 is 5.97 Å². The van der Waals surface area contributed by atoms with E-state index in [0.29, 0.717) is 5.75 Å². The number of aromatic amines is 1. The van der Waals surface area contributed by atoms with Gasteiger partial charge in [0.05, 0.1) is 24.5 Å². The first-order valence-electron chi connectivity index (χ1n) is 8.88. The molecule has 0 spiro atoms. The number of fused-ring (bicyclic) bond motifs is 3. The molecule has 0 fully saturated rings. The summed E-state index contributed by atoms with van der Waals surface area (Å²) < 4.78 is 5.63. The van der Waals surface area contributed by atoms with Crippen molar-refractivity contribution in [2.75, 3.05) is 7.11 Å². The molecule has 142 valence electrons. The first-order valence-corrected chi connectivity index (χ1v) is 9.69. The molecule has 0 radical (unpaired) electrons. The second-order valence-corrected chi connectivity index (χ2v) is 7.60. The number of nitrogens with zero attached hydrogens (tertiary/aromatic N) is 2. The Balaban J connectivity index is 1.83. The summed E-state index contributed by atoms with van der Waals surface area (Å²) in [7, 11) is 1.62. The summed E-state index contributed by atoms with van der Waals surface area (Å²) >= 11 is 1.23. The highest BCUT2D eigenvalue weighted by Crippen LogP contribution is 2.43. The Morgan fingerprint density at radius 2 is 2.03 bits per heavy atom. The van der Waals surface area contributed by atoms with E-state index in [-0.39, 0.29) is 4.88 Å². The number of carboxylic acid groups (broad SMARTS) is 1. The molecule has 5 aromatic rings. The van der Waals surface area contributed by atoms with Gasteiger partial charge < -0.3 is 14.8 Å². The number of aromatic carboxylic acids is 1. The number of rotatable bonds is 4. The van der Waals surface area contributed by atoms with Gasteiger partial charge in [0.25, 0.3) is 0 Å². The fourth-order valence-corrected chi connectivity index (χ4v) is 4.45. The van der Waals surface area contributed by atoms with E-state index < -0.39 is 5.97 Å². The molecule has 6 nitrogen and oxygen atoms in total. The van der Waals surface area contributed by atoms with Crippen molar-refractivity contribution in [3.8, 4) is 27.4 Å². The maximum Gasteiger partial charge on any atom is 0.345 e. The average Bonchev–Trinajstić information content (AvgIpc) is 3.38. The number of ether oxygens (including phenoxy) is 1. The van der Waals surface area contributed by atoms with Gasteiger partial charge in [-0.1, -0.05) is 0 Å². The third-order valence-corrected chi connectivity index (χ3v) is 5.94. The second-order valence-electron chi connectivity index (χ2n) is 6.52. The molecule has 5 rings (SSSR count). The highest BCUT2D eigenvalue weighted by molar-refractivity contribution is 7.17. The Bertz CT molecular complexity index is 1370. The lowest BCUT2D eigenvalue weighted by molar-refractivity contribution is 0.0702. The second kappa shape index (κ2) is 6.72. The highest BCUT2D eigenvalue weighted by atomic mass is 32.1. The summed E-state index contributed by atoms with van der Waals surface area (Å²) in [5.74, 6) is -0.244. The van der Waals surface area contributed by atoms with Crippen molar-refractivity contribution in [1.29, 1.82) is 0 Å². The van der Waals surface area contributed by atoms with Crippen LogP contribution in [0.4, 0.5) is 0 Å². The number of carboxylic acids is 1. The zero-order chi connectivity index (χ0) is 20.0. The molecule has 4 heterocycles. The Morgan fingerprint density at radius 1 is 1.14 bits per heavy atom. The molecule has 0 unspecified atom stereocenters. The van der Waals surface area contributed by atoms with Crippen LogP contribution in [-0.4, -0.2) is 33.1 Å². The monoisotopic (exact) mass is 401 g/mol. The van der Waals surface area contributed by atoms with Crippen LogP contribution in [0.25, 0.3) is 43.5 Å². The lowest BCUT2D eigenvalue weighted by Gasteiger charge is -2.09. The van der Waals surface area contributed by atoms with Crippen molar-refractivity contribution in [2.24, 2.45) is 0 Å². The molecule has 29 heavy (non-hydrogen) atoms. The topological polar surface area (TPSA) is 88.1 Å². The fraction of sp³-hybridized carbons (Fsp3) is 0.0455. The van der Waals surface area contributed by atoms with Crippen LogP contribution in [0.5, 0.6) is 5.75 Å². The van der Waals surface area contributed by atoms with Crippen molar-refractivity contribution >= 4 is 39.1 Å². The lowest BCUT2D eigenvalue weighted by atomic mass is 10.0. The molecule has 1 aromatic carbocycles. The zero-order valence-electron chi connectivity index (χ0n) is 15.3. The van der Waals surface area contributed by atoms with Crippen LogP contribution in [0.1, 0.15) is 9.67 Å². The summed E-state index contributed by atoms with van der Waals surface area (Å²) in [5.41, 5.74) is 4.45. The molecular weight excluding hydrogens is 386 g/mol. The van der Waals surface area contributed by atoms with Gasteiger partial charge in [0.15, 0.2) is 0 Å². The van der Waals surface area contributed by atoms with E-state index in [1.807, 2.05) is 42.6 Å². The van der Waals surface area contributed by atoms with Gasteiger partial charge in [-0.25, -0.2) is 4.79 Å². The van der Waals surface area contributed by atoms with E-state index in [9.17, 15) is 9.90 Å². The molecule has 0 amide bonds. The van der Waals surface area contributed by atoms with E-state index in [2.05, 4.69) is 15.0 Å². The van der Waals surface area contributed by atoms with E-state index in [1.165, 1.54) is 11.3 Å². The van der Waals surface area contributed by atoms with Gasteiger partial charge in [-0.15, -0.1) is 11.3 Å². The number of aromatic nitrogens is 3. The van der Waals surface area contributed by atoms with Gasteiger partial charge in [-0.3, -0.25) is 9.97 Å². The SMILES string of the molecule is COc1ccc2[nH]c3cnc(-c4cccnc4)cc3c2c1-c1ccc(C(=O)O)s1. The van der Waals surface area contributed by atoms with Crippen LogP contribution in [-0.2, 0) is 0 Å². The number of hydrogen-bond acceptors (Lipinski definition) is 5. The largest absolute Gasteiger partial charge is 0.496 e. The Morgan fingerprint density at radius 3 is 2.76 bits per heavy atom. The van der Waals surface area contributed by atoms with E-state index in [4.69, 9.17) is 4.74 Å². The predicted molar refractivity (Wildman–Crippen MR) is 114 cm³/mol. The molecule has 0 bridgehead atoms. The molecule has 0 aliphatic rings. The number of benzene rings is 1. The third-order valence-electron chi connectivity index (χ3n) is 4.85. The van der Waals surface area contributed by atoms with Gasteiger partial charge in [-0.05, 0) is 42.5 Å². The standard InChI is InChI=1S/C22H15N3O3S/c1-28-17-5-4-14-20(21(17)18-6-7-19(29-18)22(26)27)13-9-15(24-11-16(13)25-14)12-3-2-8-23-10-12/h2-11,25H,1H3,(H,26,27). The smallest absolute Gasteiger partial charge is 0.345 e. The first kappa shape index (κ1) is 17.4. The Hall–Kier alpha value is -3.71. The molecule has 4 aromatic heterocycles. The van der Waals surface area contributed by atoms with Crippen LogP contribution in [0.3, 0.4) is 0 Å². The average molecular weight is 401 g/mol. The van der Waals surface area contributed by atoms with Crippen LogP contribution in [0.2, 0.25) is 0 Å². The van der Waals surface area contributed by atoms with Crippen molar-refractivity contribution in [1.82, 2.24) is 15.0 Å². The molecule has 0 aliphatic heterocycles. The lowest BCUT2D eigenvalue weighted by Crippen LogP contribution is -1.90. The summed E-state index contributed by atoms with van der Waals surface area (Å²) in [6.45, 7) is 0. The molecule has 0 saturated heterocycles. The molecule has 2 N–H and O–H groups in total. The summed E-state index contributed by atoms with van der Waals surface area (Å²) in [6, 6.07) is 13.2. The van der Waals surface area contributed by atoms with Gasteiger partial charge in [0.1, 0.15) is 10.6 Å². The van der Waals surface area contributed by atoms with Gasteiger partial charge in [0, 0.05) is 44.7 Å². The van der Waals surface area contributed by atoms with Crippen LogP contribution >= 0.6 is 11.3 Å². The quantitative estimate of drug-likeness (QED) is 0.431. The zero-order valence-corrected chi connectivity index (χ0v) is 16.2.